The summed E-state index contributed by atoms with van der Waals surface area (Å²) in [6.07, 6.45) is 7.24. The maximum absolute atomic E-state index is 9.00. The molecule has 5 nitrogen and oxygen atoms in total. The molecule has 0 radical (unpaired) electrons. The van der Waals surface area contributed by atoms with Crippen molar-refractivity contribution in [1.82, 2.24) is 14.5 Å². The van der Waals surface area contributed by atoms with E-state index in [1.54, 1.807) is 0 Å². The number of hydrogen-bond donors (Lipinski definition) is 0. The second-order valence-corrected chi connectivity index (χ2v) is 9.20. The van der Waals surface area contributed by atoms with E-state index in [1.165, 1.54) is 22.4 Å². The fourth-order valence-electron chi connectivity index (χ4n) is 4.85. The number of halogens is 1. The minimum absolute atomic E-state index is 0. The number of methoxy groups -OCH3 is 1. The van der Waals surface area contributed by atoms with Crippen molar-refractivity contribution in [3.8, 4) is 6.07 Å². The molecule has 1 aliphatic rings. The van der Waals surface area contributed by atoms with Crippen LogP contribution in [0.5, 0.6) is 0 Å². The first kappa shape index (κ1) is 25.0. The molecule has 0 bridgehead atoms. The zero-order chi connectivity index (χ0) is 22.4. The number of likely N-dealkylation sites (tertiary alicyclic amines) is 1. The fraction of sp³-hybridized carbons (Fsp3) is 0.407. The van der Waals surface area contributed by atoms with Crippen molar-refractivity contribution in [3.63, 3.8) is 0 Å². The minimum Gasteiger partial charge on any atom is -0.384 e. The first-order valence-electron chi connectivity index (χ1n) is 11.3. The summed E-state index contributed by atoms with van der Waals surface area (Å²) in [4.78, 5) is 6.94. The first-order valence-corrected chi connectivity index (χ1v) is 11.3. The van der Waals surface area contributed by atoms with Crippen LogP contribution in [0, 0.1) is 23.7 Å². The molecule has 0 spiro atoms. The van der Waals surface area contributed by atoms with E-state index in [2.05, 4.69) is 51.7 Å². The smallest absolute Gasteiger partial charge is 0.0991 e. The third kappa shape index (κ3) is 6.45. The van der Waals surface area contributed by atoms with Gasteiger partial charge in [0.2, 0.25) is 0 Å². The summed E-state index contributed by atoms with van der Waals surface area (Å²) in [6.45, 7) is 6.79. The number of ether oxygens (including phenoxy) is 1. The van der Waals surface area contributed by atoms with E-state index in [4.69, 9.17) is 10.00 Å². The Labute approximate surface area is 203 Å². The van der Waals surface area contributed by atoms with Gasteiger partial charge in [0.1, 0.15) is 0 Å². The lowest BCUT2D eigenvalue weighted by Gasteiger charge is -2.41. The van der Waals surface area contributed by atoms with E-state index < -0.39 is 0 Å². The van der Waals surface area contributed by atoms with Gasteiger partial charge in [0, 0.05) is 31.8 Å². The maximum Gasteiger partial charge on any atom is 0.0991 e. The van der Waals surface area contributed by atoms with Crippen LogP contribution in [0.2, 0.25) is 0 Å². The van der Waals surface area contributed by atoms with Gasteiger partial charge in [-0.3, -0.25) is 4.90 Å². The quantitative estimate of drug-likeness (QED) is 0.470. The van der Waals surface area contributed by atoms with Gasteiger partial charge in [0.25, 0.3) is 0 Å². The molecule has 0 amide bonds. The van der Waals surface area contributed by atoms with Crippen molar-refractivity contribution < 1.29 is 4.74 Å². The topological polar surface area (TPSA) is 54.1 Å². The predicted molar refractivity (Wildman–Crippen MR) is 133 cm³/mol. The van der Waals surface area contributed by atoms with Crippen molar-refractivity contribution in [2.45, 2.75) is 39.3 Å². The number of aryl methyl sites for hydroxylation is 1. The van der Waals surface area contributed by atoms with Crippen molar-refractivity contribution >= 4 is 12.4 Å². The monoisotopic (exact) mass is 464 g/mol. The van der Waals surface area contributed by atoms with E-state index in [0.717, 1.165) is 52.0 Å². The fourth-order valence-corrected chi connectivity index (χ4v) is 4.85. The van der Waals surface area contributed by atoms with Gasteiger partial charge in [-0.25, -0.2) is 4.98 Å². The number of imidazole rings is 1. The lowest BCUT2D eigenvalue weighted by atomic mass is 9.74. The summed E-state index contributed by atoms with van der Waals surface area (Å²) in [6, 6.07) is 18.9. The summed E-state index contributed by atoms with van der Waals surface area (Å²) in [7, 11) is 1.83. The van der Waals surface area contributed by atoms with Crippen LogP contribution in [0.25, 0.3) is 0 Å². The van der Waals surface area contributed by atoms with Crippen molar-refractivity contribution in [1.29, 1.82) is 5.26 Å². The summed E-state index contributed by atoms with van der Waals surface area (Å²) < 4.78 is 7.89. The number of piperidine rings is 1. The molecule has 0 aliphatic carbocycles. The molecule has 0 unspecified atom stereocenters. The normalized spacial score (nSPS) is 15.5. The Kier molecular flexibility index (Phi) is 8.68. The lowest BCUT2D eigenvalue weighted by Crippen LogP contribution is -2.43. The second-order valence-electron chi connectivity index (χ2n) is 9.20. The highest BCUT2D eigenvalue weighted by Crippen LogP contribution is 2.36. The summed E-state index contributed by atoms with van der Waals surface area (Å²) >= 11 is 0. The van der Waals surface area contributed by atoms with Crippen LogP contribution in [0.4, 0.5) is 0 Å². The molecule has 0 atom stereocenters. The molecular weight excluding hydrogens is 432 g/mol. The van der Waals surface area contributed by atoms with E-state index in [9.17, 15) is 0 Å². The van der Waals surface area contributed by atoms with Gasteiger partial charge < -0.3 is 9.30 Å². The molecular formula is C27H33ClN4O. The number of aromatic nitrogens is 2. The van der Waals surface area contributed by atoms with Crippen LogP contribution in [0.3, 0.4) is 0 Å². The molecule has 2 aromatic carbocycles. The van der Waals surface area contributed by atoms with E-state index >= 15 is 0 Å². The Hall–Kier alpha value is -2.65. The number of rotatable bonds is 8. The van der Waals surface area contributed by atoms with Gasteiger partial charge in [-0.2, -0.15) is 5.26 Å². The molecule has 1 aliphatic heterocycles. The third-order valence-corrected chi connectivity index (χ3v) is 6.65. The molecule has 0 N–H and O–H groups in total. The minimum atomic E-state index is 0. The number of benzene rings is 2. The first-order chi connectivity index (χ1) is 15.6. The number of nitrogens with zero attached hydrogens (tertiary/aromatic N) is 4. The number of hydrogen-bond acceptors (Lipinski definition) is 4. The van der Waals surface area contributed by atoms with Crippen LogP contribution in [-0.2, 0) is 24.2 Å². The maximum atomic E-state index is 9.00. The molecule has 1 aromatic heterocycles. The van der Waals surface area contributed by atoms with Crippen LogP contribution in [0.15, 0.2) is 61.1 Å². The Morgan fingerprint density at radius 2 is 1.82 bits per heavy atom. The van der Waals surface area contributed by atoms with Crippen molar-refractivity contribution in [3.05, 3.63) is 89.0 Å². The highest BCUT2D eigenvalue weighted by Gasteiger charge is 2.35. The Balaban J connectivity index is 0.00000306. The molecule has 6 heteroatoms. The Morgan fingerprint density at radius 1 is 1.06 bits per heavy atom. The molecule has 33 heavy (non-hydrogen) atoms. The molecule has 1 saturated heterocycles. The average Bonchev–Trinajstić information content (AvgIpc) is 3.22. The van der Waals surface area contributed by atoms with Crippen molar-refractivity contribution in [2.75, 3.05) is 26.8 Å². The number of nitriles is 1. The van der Waals surface area contributed by atoms with Crippen LogP contribution < -0.4 is 0 Å². The Bertz CT molecular complexity index is 1060. The van der Waals surface area contributed by atoms with Crippen LogP contribution in [-0.4, -0.2) is 41.3 Å². The molecule has 3 aromatic rings. The van der Waals surface area contributed by atoms with E-state index in [0.29, 0.717) is 5.56 Å². The highest BCUT2D eigenvalue weighted by molar-refractivity contribution is 5.85. The van der Waals surface area contributed by atoms with Crippen molar-refractivity contribution in [2.24, 2.45) is 5.41 Å². The zero-order valence-electron chi connectivity index (χ0n) is 19.5. The molecule has 0 saturated carbocycles. The van der Waals surface area contributed by atoms with Crippen LogP contribution >= 0.6 is 12.4 Å². The van der Waals surface area contributed by atoms with Gasteiger partial charge in [-0.05, 0) is 62.5 Å². The van der Waals surface area contributed by atoms with Gasteiger partial charge in [0.15, 0.2) is 0 Å². The summed E-state index contributed by atoms with van der Waals surface area (Å²) in [5, 5.41) is 9.00. The van der Waals surface area contributed by atoms with E-state index in [-0.39, 0.29) is 17.8 Å². The second kappa shape index (κ2) is 11.5. The van der Waals surface area contributed by atoms with E-state index in [1.807, 2.05) is 43.9 Å². The average molecular weight is 465 g/mol. The summed E-state index contributed by atoms with van der Waals surface area (Å²) in [5.41, 5.74) is 6.05. The standard InChI is InChI=1S/C27H32N4O.ClH/c1-22-4-3-5-25(14-22)15-27(20-32-2)10-12-30(13-11-27)19-26-17-29-21-31(26)18-24-8-6-23(16-28)7-9-24;/h3-9,14,17,21H,10-13,15,18-20H2,1-2H3;1H. The zero-order valence-corrected chi connectivity index (χ0v) is 20.4. The van der Waals surface area contributed by atoms with Crippen LogP contribution in [0.1, 0.15) is 40.8 Å². The third-order valence-electron chi connectivity index (χ3n) is 6.65. The SMILES string of the molecule is COCC1(Cc2cccc(C)c2)CCN(Cc2cncn2Cc2ccc(C#N)cc2)CC1.Cl. The van der Waals surface area contributed by atoms with Gasteiger partial charge in [0.05, 0.1) is 30.3 Å². The molecule has 1 fully saturated rings. The van der Waals surface area contributed by atoms with Gasteiger partial charge >= 0.3 is 0 Å². The summed E-state index contributed by atoms with van der Waals surface area (Å²) in [5.74, 6) is 0. The Morgan fingerprint density at radius 3 is 2.48 bits per heavy atom. The van der Waals surface area contributed by atoms with Gasteiger partial charge in [-0.1, -0.05) is 42.0 Å². The largest absolute Gasteiger partial charge is 0.384 e. The molecule has 174 valence electrons. The molecule has 4 rings (SSSR count). The predicted octanol–water partition coefficient (Wildman–Crippen LogP) is 5.00. The molecule has 2 heterocycles. The highest BCUT2D eigenvalue weighted by atomic mass is 35.5. The lowest BCUT2D eigenvalue weighted by molar-refractivity contribution is 0.0189. The van der Waals surface area contributed by atoms with Gasteiger partial charge in [-0.15, -0.1) is 12.4 Å².